The van der Waals surface area contributed by atoms with Gasteiger partial charge in [0, 0.05) is 0 Å². The molecule has 0 spiro atoms. The number of rotatable bonds is 2. The summed E-state index contributed by atoms with van der Waals surface area (Å²) < 4.78 is 5.11. The molecule has 0 aliphatic rings. The van der Waals surface area contributed by atoms with Gasteiger partial charge in [-0.1, -0.05) is 57.1 Å². The molecule has 0 fully saturated rings. The van der Waals surface area contributed by atoms with E-state index in [0.29, 0.717) is 11.1 Å². The average molecular weight is 314 g/mol. The molecule has 2 aromatic carbocycles. The van der Waals surface area contributed by atoms with Crippen LogP contribution in [0.25, 0.3) is 22.8 Å². The summed E-state index contributed by atoms with van der Waals surface area (Å²) in [6.45, 7) is 8.00. The minimum atomic E-state index is 0.0648. The lowest BCUT2D eigenvalue weighted by molar-refractivity contribution is 0.424. The van der Waals surface area contributed by atoms with E-state index in [2.05, 4.69) is 10.1 Å². The van der Waals surface area contributed by atoms with Gasteiger partial charge in [0.1, 0.15) is 11.5 Å². The largest absolute Gasteiger partial charge is 0.507 e. The van der Waals surface area contributed by atoms with Crippen LogP contribution in [0.2, 0.25) is 0 Å². The second kappa shape index (κ2) is 9.25. The number of para-hydroxylation sites is 2. The third kappa shape index (κ3) is 4.32. The summed E-state index contributed by atoms with van der Waals surface area (Å²) in [6.07, 6.45) is 0. The molecule has 0 saturated heterocycles. The van der Waals surface area contributed by atoms with Crippen molar-refractivity contribution in [3.8, 4) is 34.3 Å². The maximum atomic E-state index is 9.73. The number of phenols is 2. The van der Waals surface area contributed by atoms with E-state index in [1.165, 1.54) is 0 Å². The van der Waals surface area contributed by atoms with E-state index in [-0.39, 0.29) is 23.2 Å². The molecular weight excluding hydrogens is 292 g/mol. The van der Waals surface area contributed by atoms with E-state index in [4.69, 9.17) is 4.52 Å². The summed E-state index contributed by atoms with van der Waals surface area (Å²) in [6, 6.07) is 13.4. The fourth-order valence-corrected chi connectivity index (χ4v) is 1.76. The van der Waals surface area contributed by atoms with Crippen LogP contribution in [0.5, 0.6) is 11.5 Å². The molecule has 0 amide bonds. The molecule has 0 radical (unpaired) electrons. The number of nitrogens with zero attached hydrogens (tertiary/aromatic N) is 2. The van der Waals surface area contributed by atoms with Crippen LogP contribution in [-0.4, -0.2) is 20.4 Å². The fraction of sp³-hybridized carbons (Fsp3) is 0.222. The van der Waals surface area contributed by atoms with Gasteiger partial charge in [-0.15, -0.1) is 0 Å². The van der Waals surface area contributed by atoms with Crippen LogP contribution < -0.4 is 0 Å². The Balaban J connectivity index is 0.000000615. The summed E-state index contributed by atoms with van der Waals surface area (Å²) in [5.74, 6) is 0.620. The van der Waals surface area contributed by atoms with Crippen LogP contribution in [0.3, 0.4) is 0 Å². The second-order valence-corrected chi connectivity index (χ2v) is 3.96. The van der Waals surface area contributed by atoms with Gasteiger partial charge in [0.05, 0.1) is 11.1 Å². The van der Waals surface area contributed by atoms with Gasteiger partial charge >= 0.3 is 0 Å². The van der Waals surface area contributed by atoms with Gasteiger partial charge < -0.3 is 14.7 Å². The van der Waals surface area contributed by atoms with Gasteiger partial charge in [-0.3, -0.25) is 0 Å². The molecule has 0 atom stereocenters. The van der Waals surface area contributed by atoms with Crippen LogP contribution in [0.4, 0.5) is 0 Å². The summed E-state index contributed by atoms with van der Waals surface area (Å²) in [5.41, 5.74) is 0.935. The van der Waals surface area contributed by atoms with Crippen molar-refractivity contribution in [3.63, 3.8) is 0 Å². The Kier molecular flexibility index (Phi) is 7.33. The molecule has 3 rings (SSSR count). The molecular formula is C18H22N2O3. The zero-order valence-corrected chi connectivity index (χ0v) is 13.8. The Morgan fingerprint density at radius 3 is 1.74 bits per heavy atom. The molecule has 1 heterocycles. The maximum absolute atomic E-state index is 9.73. The molecule has 0 saturated carbocycles. The van der Waals surface area contributed by atoms with E-state index in [9.17, 15) is 10.2 Å². The predicted octanol–water partition coefficient (Wildman–Crippen LogP) is 4.87. The lowest BCUT2D eigenvalue weighted by Crippen LogP contribution is -1.82. The monoisotopic (exact) mass is 314 g/mol. The van der Waals surface area contributed by atoms with Gasteiger partial charge in [-0.05, 0) is 24.3 Å². The van der Waals surface area contributed by atoms with Crippen molar-refractivity contribution in [2.45, 2.75) is 27.7 Å². The minimum Gasteiger partial charge on any atom is -0.507 e. The Morgan fingerprint density at radius 2 is 1.22 bits per heavy atom. The summed E-state index contributed by atoms with van der Waals surface area (Å²) in [7, 11) is 0. The van der Waals surface area contributed by atoms with Gasteiger partial charge in [-0.2, -0.15) is 4.98 Å². The molecule has 2 N–H and O–H groups in total. The molecule has 1 aromatic heterocycles. The summed E-state index contributed by atoms with van der Waals surface area (Å²) in [4.78, 5) is 4.17. The first-order valence-electron chi connectivity index (χ1n) is 7.66. The highest BCUT2D eigenvalue weighted by atomic mass is 16.5. The number of hydrogen-bond acceptors (Lipinski definition) is 5. The van der Waals surface area contributed by atoms with Crippen LogP contribution >= 0.6 is 0 Å². The molecule has 0 unspecified atom stereocenters. The van der Waals surface area contributed by atoms with Gasteiger partial charge in [0.15, 0.2) is 0 Å². The van der Waals surface area contributed by atoms with Crippen molar-refractivity contribution in [1.29, 1.82) is 0 Å². The zero-order valence-electron chi connectivity index (χ0n) is 13.8. The Hall–Kier alpha value is -2.82. The molecule has 0 aliphatic heterocycles. The molecule has 0 aliphatic carbocycles. The zero-order chi connectivity index (χ0) is 17.2. The molecule has 5 heteroatoms. The second-order valence-electron chi connectivity index (χ2n) is 3.96. The summed E-state index contributed by atoms with van der Waals surface area (Å²) in [5, 5.41) is 23.3. The number of benzene rings is 2. The average Bonchev–Trinajstić information content (AvgIpc) is 3.09. The minimum absolute atomic E-state index is 0.0648. The summed E-state index contributed by atoms with van der Waals surface area (Å²) >= 11 is 0. The molecule has 0 bridgehead atoms. The van der Waals surface area contributed by atoms with E-state index >= 15 is 0 Å². The van der Waals surface area contributed by atoms with Crippen molar-refractivity contribution >= 4 is 0 Å². The fourth-order valence-electron chi connectivity index (χ4n) is 1.76. The highest BCUT2D eigenvalue weighted by Crippen LogP contribution is 2.31. The number of aromatic nitrogens is 2. The number of hydrogen-bond donors (Lipinski definition) is 2. The van der Waals surface area contributed by atoms with Crippen molar-refractivity contribution in [1.82, 2.24) is 10.1 Å². The van der Waals surface area contributed by atoms with E-state index < -0.39 is 0 Å². The third-order valence-corrected chi connectivity index (χ3v) is 2.71. The van der Waals surface area contributed by atoms with Crippen LogP contribution in [-0.2, 0) is 0 Å². The SMILES string of the molecule is CC.CC.Oc1ccccc1-c1noc(-c2ccccc2O)n1. The van der Waals surface area contributed by atoms with Crippen molar-refractivity contribution in [2.24, 2.45) is 0 Å². The molecule has 5 nitrogen and oxygen atoms in total. The Morgan fingerprint density at radius 1 is 0.739 bits per heavy atom. The Bertz CT molecular complexity index is 664. The van der Waals surface area contributed by atoms with Gasteiger partial charge in [0.25, 0.3) is 5.89 Å². The van der Waals surface area contributed by atoms with Crippen molar-refractivity contribution < 1.29 is 14.7 Å². The topological polar surface area (TPSA) is 79.4 Å². The van der Waals surface area contributed by atoms with Crippen molar-refractivity contribution in [3.05, 3.63) is 48.5 Å². The van der Waals surface area contributed by atoms with Gasteiger partial charge in [-0.25, -0.2) is 0 Å². The van der Waals surface area contributed by atoms with Crippen LogP contribution in [0, 0.1) is 0 Å². The lowest BCUT2D eigenvalue weighted by Gasteiger charge is -1.97. The lowest BCUT2D eigenvalue weighted by atomic mass is 10.2. The molecule has 3 aromatic rings. The molecule has 23 heavy (non-hydrogen) atoms. The first-order chi connectivity index (χ1) is 11.3. The van der Waals surface area contributed by atoms with Crippen LogP contribution in [0.15, 0.2) is 53.1 Å². The van der Waals surface area contributed by atoms with Crippen molar-refractivity contribution in [2.75, 3.05) is 0 Å². The highest BCUT2D eigenvalue weighted by Gasteiger charge is 2.15. The maximum Gasteiger partial charge on any atom is 0.262 e. The van der Waals surface area contributed by atoms with Gasteiger partial charge in [0.2, 0.25) is 5.82 Å². The smallest absolute Gasteiger partial charge is 0.262 e. The quantitative estimate of drug-likeness (QED) is 0.705. The first-order valence-corrected chi connectivity index (χ1v) is 7.66. The number of aromatic hydroxyl groups is 2. The van der Waals surface area contributed by atoms with E-state index in [0.717, 1.165) is 0 Å². The Labute approximate surface area is 136 Å². The standard InChI is InChI=1S/C14H10N2O3.2C2H6/c17-11-7-3-1-5-9(11)13-15-14(19-16-13)10-6-2-4-8-12(10)18;2*1-2/h1-8,17-18H;2*1-2H3. The van der Waals surface area contributed by atoms with Crippen LogP contribution in [0.1, 0.15) is 27.7 Å². The van der Waals surface area contributed by atoms with E-state index in [1.54, 1.807) is 48.5 Å². The predicted molar refractivity (Wildman–Crippen MR) is 91.2 cm³/mol. The normalized spacial score (nSPS) is 9.22. The highest BCUT2D eigenvalue weighted by molar-refractivity contribution is 5.67. The third-order valence-electron chi connectivity index (χ3n) is 2.71. The van der Waals surface area contributed by atoms with E-state index in [1.807, 2.05) is 27.7 Å². The first kappa shape index (κ1) is 18.2. The molecule has 122 valence electrons. The number of phenolic OH excluding ortho intramolecular Hbond substituents is 2.